The number of ether oxygens (including phenoxy) is 1. The van der Waals surface area contributed by atoms with E-state index in [0.29, 0.717) is 5.75 Å². The molecular weight excluding hydrogens is 345 g/mol. The van der Waals surface area contributed by atoms with Crippen LogP contribution in [0.5, 0.6) is 5.75 Å². The lowest BCUT2D eigenvalue weighted by atomic mass is 9.98. The number of carbonyl (C=O) groups excluding carboxylic acids is 1. The largest absolute Gasteiger partial charge is 0.481 e. The molecule has 0 aromatic heterocycles. The molecule has 2 aromatic carbocycles. The van der Waals surface area contributed by atoms with E-state index in [9.17, 15) is 9.18 Å². The lowest BCUT2D eigenvalue weighted by Crippen LogP contribution is -2.35. The van der Waals surface area contributed by atoms with E-state index in [4.69, 9.17) is 4.74 Å². The Kier molecular flexibility index (Phi) is 4.88. The molecule has 2 aromatic rings. The number of alkyl halides is 1. The molecule has 2 aliphatic heterocycles. The molecule has 0 radical (unpaired) electrons. The predicted octanol–water partition coefficient (Wildman–Crippen LogP) is 3.97. The van der Waals surface area contributed by atoms with Crippen molar-refractivity contribution in [1.82, 2.24) is 0 Å². The topological polar surface area (TPSA) is 44.8 Å². The third-order valence-corrected chi connectivity index (χ3v) is 5.40. The van der Waals surface area contributed by atoms with E-state index in [0.717, 1.165) is 43.0 Å². The fraction of sp³-hybridized carbons (Fsp3) is 0.381. The minimum absolute atomic E-state index is 0.0469. The normalized spacial score (nSPS) is 17.5. The lowest BCUT2D eigenvalue weighted by Gasteiger charge is -2.32. The zero-order chi connectivity index (χ0) is 18.8. The summed E-state index contributed by atoms with van der Waals surface area (Å²) < 4.78 is 18.3. The van der Waals surface area contributed by atoms with Crippen LogP contribution in [0.2, 0.25) is 0 Å². The number of fused-ring (bicyclic) bond motifs is 1. The van der Waals surface area contributed by atoms with Crippen molar-refractivity contribution in [3.05, 3.63) is 42.5 Å². The molecule has 0 saturated carbocycles. The van der Waals surface area contributed by atoms with Gasteiger partial charge in [0, 0.05) is 43.3 Å². The lowest BCUT2D eigenvalue weighted by molar-refractivity contribution is -0.120. The predicted molar refractivity (Wildman–Crippen MR) is 106 cm³/mol. The van der Waals surface area contributed by atoms with Crippen LogP contribution in [-0.4, -0.2) is 39.3 Å². The van der Waals surface area contributed by atoms with Crippen LogP contribution in [0.25, 0.3) is 0 Å². The quantitative estimate of drug-likeness (QED) is 0.886. The number of hydrogen-bond donors (Lipinski definition) is 1. The Morgan fingerprint density at radius 3 is 2.52 bits per heavy atom. The number of benzene rings is 2. The molecule has 1 amide bonds. The van der Waals surface area contributed by atoms with Crippen molar-refractivity contribution >= 4 is 28.7 Å². The first-order valence-corrected chi connectivity index (χ1v) is 9.35. The van der Waals surface area contributed by atoms with Crippen LogP contribution in [0.1, 0.15) is 12.8 Å². The van der Waals surface area contributed by atoms with Crippen LogP contribution in [0.15, 0.2) is 42.5 Å². The summed E-state index contributed by atoms with van der Waals surface area (Å²) in [4.78, 5) is 15.6. The first kappa shape index (κ1) is 17.6. The van der Waals surface area contributed by atoms with Crippen molar-refractivity contribution in [3.8, 4) is 5.75 Å². The van der Waals surface area contributed by atoms with Crippen molar-refractivity contribution in [2.24, 2.45) is 5.92 Å². The SMILES string of the molecule is CN1C(=O)COc2cc(Nc3ccc(N4CCC(CF)CC4)cc3)ccc21. The van der Waals surface area contributed by atoms with Crippen LogP contribution in [0.4, 0.5) is 27.1 Å². The summed E-state index contributed by atoms with van der Waals surface area (Å²) in [5.41, 5.74) is 3.85. The first-order valence-electron chi connectivity index (χ1n) is 9.35. The molecule has 27 heavy (non-hydrogen) atoms. The fourth-order valence-electron chi connectivity index (χ4n) is 3.62. The Morgan fingerprint density at radius 1 is 1.11 bits per heavy atom. The molecule has 0 unspecified atom stereocenters. The molecule has 5 nitrogen and oxygen atoms in total. The number of hydrogen-bond acceptors (Lipinski definition) is 4. The molecule has 142 valence electrons. The monoisotopic (exact) mass is 369 g/mol. The van der Waals surface area contributed by atoms with Gasteiger partial charge < -0.3 is 19.9 Å². The number of nitrogens with zero attached hydrogens (tertiary/aromatic N) is 2. The van der Waals surface area contributed by atoms with Gasteiger partial charge in [-0.25, -0.2) is 0 Å². The Balaban J connectivity index is 1.42. The van der Waals surface area contributed by atoms with Gasteiger partial charge >= 0.3 is 0 Å². The van der Waals surface area contributed by atoms with Crippen LogP contribution in [0, 0.1) is 5.92 Å². The summed E-state index contributed by atoms with van der Waals surface area (Å²) >= 11 is 0. The van der Waals surface area contributed by atoms with Crippen molar-refractivity contribution in [1.29, 1.82) is 0 Å². The number of amides is 1. The van der Waals surface area contributed by atoms with Gasteiger partial charge in [0.15, 0.2) is 6.61 Å². The number of rotatable bonds is 4. The van der Waals surface area contributed by atoms with Crippen LogP contribution >= 0.6 is 0 Å². The number of carbonyl (C=O) groups is 1. The molecule has 1 N–H and O–H groups in total. The zero-order valence-electron chi connectivity index (χ0n) is 15.5. The van der Waals surface area contributed by atoms with Gasteiger partial charge in [0.2, 0.25) is 0 Å². The third kappa shape index (κ3) is 3.70. The average molecular weight is 369 g/mol. The highest BCUT2D eigenvalue weighted by Crippen LogP contribution is 2.34. The molecule has 2 heterocycles. The van der Waals surface area contributed by atoms with Crippen molar-refractivity contribution in [2.45, 2.75) is 12.8 Å². The zero-order valence-corrected chi connectivity index (χ0v) is 15.5. The second-order valence-electron chi connectivity index (χ2n) is 7.18. The Morgan fingerprint density at radius 2 is 1.81 bits per heavy atom. The number of halogens is 1. The average Bonchev–Trinajstić information content (AvgIpc) is 2.71. The molecule has 0 aliphatic carbocycles. The molecule has 4 rings (SSSR count). The molecular formula is C21H24FN3O2. The van der Waals surface area contributed by atoms with Gasteiger partial charge in [-0.2, -0.15) is 0 Å². The number of piperidine rings is 1. The van der Waals surface area contributed by atoms with E-state index >= 15 is 0 Å². The van der Waals surface area contributed by atoms with Gasteiger partial charge in [-0.3, -0.25) is 9.18 Å². The second kappa shape index (κ2) is 7.47. The van der Waals surface area contributed by atoms with Crippen LogP contribution in [-0.2, 0) is 4.79 Å². The summed E-state index contributed by atoms with van der Waals surface area (Å²) in [5, 5.41) is 3.37. The van der Waals surface area contributed by atoms with Gasteiger partial charge in [-0.05, 0) is 55.2 Å². The van der Waals surface area contributed by atoms with Gasteiger partial charge in [-0.1, -0.05) is 0 Å². The van der Waals surface area contributed by atoms with Gasteiger partial charge in [0.25, 0.3) is 5.91 Å². The van der Waals surface area contributed by atoms with Crippen molar-refractivity contribution in [3.63, 3.8) is 0 Å². The molecule has 1 saturated heterocycles. The molecule has 1 fully saturated rings. The van der Waals surface area contributed by atoms with E-state index in [1.807, 2.05) is 30.3 Å². The molecule has 0 atom stereocenters. The van der Waals surface area contributed by atoms with Crippen LogP contribution in [0.3, 0.4) is 0 Å². The first-order chi connectivity index (χ1) is 13.1. The van der Waals surface area contributed by atoms with E-state index in [1.165, 1.54) is 5.69 Å². The molecule has 6 heteroatoms. The molecule has 2 aliphatic rings. The summed E-state index contributed by atoms with van der Waals surface area (Å²) in [7, 11) is 1.76. The maximum atomic E-state index is 12.8. The van der Waals surface area contributed by atoms with E-state index in [2.05, 4.69) is 22.3 Å². The summed E-state index contributed by atoms with van der Waals surface area (Å²) in [5.74, 6) is 0.881. The summed E-state index contributed by atoms with van der Waals surface area (Å²) in [6.07, 6.45) is 1.84. The molecule has 0 bridgehead atoms. The number of nitrogens with one attached hydrogen (secondary N) is 1. The third-order valence-electron chi connectivity index (χ3n) is 5.40. The Labute approximate surface area is 158 Å². The smallest absolute Gasteiger partial charge is 0.264 e. The van der Waals surface area contributed by atoms with Gasteiger partial charge in [0.05, 0.1) is 12.4 Å². The van der Waals surface area contributed by atoms with E-state index < -0.39 is 0 Å². The van der Waals surface area contributed by atoms with Crippen LogP contribution < -0.4 is 19.9 Å². The minimum Gasteiger partial charge on any atom is -0.481 e. The Hall–Kier alpha value is -2.76. The second-order valence-corrected chi connectivity index (χ2v) is 7.18. The van der Waals surface area contributed by atoms with Crippen molar-refractivity contribution < 1.29 is 13.9 Å². The van der Waals surface area contributed by atoms with Gasteiger partial charge in [0.1, 0.15) is 5.75 Å². The molecule has 0 spiro atoms. The maximum absolute atomic E-state index is 12.8. The van der Waals surface area contributed by atoms with Crippen molar-refractivity contribution in [2.75, 3.05) is 48.5 Å². The minimum atomic E-state index is -0.203. The fourth-order valence-corrected chi connectivity index (χ4v) is 3.62. The maximum Gasteiger partial charge on any atom is 0.264 e. The van der Waals surface area contributed by atoms with E-state index in [-0.39, 0.29) is 25.1 Å². The van der Waals surface area contributed by atoms with E-state index in [1.54, 1.807) is 11.9 Å². The summed E-state index contributed by atoms with van der Waals surface area (Å²) in [6, 6.07) is 14.0. The summed E-state index contributed by atoms with van der Waals surface area (Å²) in [6.45, 7) is 1.69. The highest BCUT2D eigenvalue weighted by Gasteiger charge is 2.22. The highest BCUT2D eigenvalue weighted by atomic mass is 19.1. The highest BCUT2D eigenvalue weighted by molar-refractivity contribution is 5.97. The van der Waals surface area contributed by atoms with Gasteiger partial charge in [-0.15, -0.1) is 0 Å². The number of anilines is 4. The Bertz CT molecular complexity index is 817. The standard InChI is InChI=1S/C21H24FN3O2/c1-24-19-7-4-17(12-20(19)27-14-21(24)26)23-16-2-5-18(6-3-16)25-10-8-15(13-22)9-11-25/h2-7,12,15,23H,8-11,13-14H2,1H3. The number of likely N-dealkylation sites (N-methyl/N-ethyl adjacent to an activating group) is 1.